The van der Waals surface area contributed by atoms with Gasteiger partial charge in [0.25, 0.3) is 5.69 Å². The second-order valence-electron chi connectivity index (χ2n) is 9.61. The fraction of sp³-hybridized carbons (Fsp3) is 0.370. The van der Waals surface area contributed by atoms with E-state index in [0.29, 0.717) is 29.9 Å². The van der Waals surface area contributed by atoms with Crippen LogP contribution in [-0.4, -0.2) is 40.6 Å². The fourth-order valence-electron chi connectivity index (χ4n) is 4.88. The van der Waals surface area contributed by atoms with Crippen LogP contribution in [0.3, 0.4) is 0 Å². The summed E-state index contributed by atoms with van der Waals surface area (Å²) in [5, 5.41) is 11.3. The number of Topliss-reactive ketones (excluding diaryl/α,β-unsaturated/α-hetero) is 1. The summed E-state index contributed by atoms with van der Waals surface area (Å²) in [4.78, 5) is 42.2. The molecule has 1 saturated heterocycles. The third-order valence-electron chi connectivity index (χ3n) is 6.92. The van der Waals surface area contributed by atoms with Crippen LogP contribution in [0.2, 0.25) is 0 Å². The van der Waals surface area contributed by atoms with Gasteiger partial charge < -0.3 is 9.47 Å². The molecular formula is C27H27FN4O4. The molecule has 9 heteroatoms. The van der Waals surface area contributed by atoms with Crippen LogP contribution in [0, 0.1) is 15.9 Å². The van der Waals surface area contributed by atoms with E-state index in [9.17, 15) is 19.7 Å². The number of anilines is 1. The number of carbonyl (C=O) groups is 1. The molecule has 5 rings (SSSR count). The van der Waals surface area contributed by atoms with Crippen molar-refractivity contribution < 1.29 is 14.1 Å². The maximum absolute atomic E-state index is 15.4. The summed E-state index contributed by atoms with van der Waals surface area (Å²) in [5.74, 6) is -0.816. The number of hydrogen-bond donors (Lipinski definition) is 0. The molecule has 1 aliphatic heterocycles. The Labute approximate surface area is 207 Å². The first-order chi connectivity index (χ1) is 17.3. The van der Waals surface area contributed by atoms with Gasteiger partial charge in [-0.15, -0.1) is 0 Å². The number of non-ortho nitro benzene ring substituents is 1. The van der Waals surface area contributed by atoms with Crippen molar-refractivity contribution in [3.8, 4) is 0 Å². The molecule has 0 spiro atoms. The molecule has 0 unspecified atom stereocenters. The Balaban J connectivity index is 1.48. The third kappa shape index (κ3) is 4.78. The van der Waals surface area contributed by atoms with Gasteiger partial charge in [0.2, 0.25) is 0 Å². The highest BCUT2D eigenvalue weighted by Crippen LogP contribution is 2.38. The van der Waals surface area contributed by atoms with Crippen molar-refractivity contribution >= 4 is 34.3 Å². The number of pyridine rings is 1. The molecule has 8 nitrogen and oxygen atoms in total. The number of carbonyl (C=O) groups excluding carboxylic acids is 1. The molecule has 2 heterocycles. The molecule has 1 aliphatic carbocycles. The summed E-state index contributed by atoms with van der Waals surface area (Å²) in [6, 6.07) is 9.42. The highest BCUT2D eigenvalue weighted by molar-refractivity contribution is 5.97. The minimum atomic E-state index is -0.494. The van der Waals surface area contributed by atoms with Crippen molar-refractivity contribution in [1.29, 1.82) is 0 Å². The predicted molar refractivity (Wildman–Crippen MR) is 137 cm³/mol. The quantitative estimate of drug-likeness (QED) is 0.208. The Kier molecular flexibility index (Phi) is 6.38. The average Bonchev–Trinajstić information content (AvgIpc) is 3.71. The van der Waals surface area contributed by atoms with Gasteiger partial charge in [0.15, 0.2) is 11.2 Å². The molecule has 0 N–H and O–H groups in total. The van der Waals surface area contributed by atoms with Crippen LogP contribution in [-0.2, 0) is 0 Å². The van der Waals surface area contributed by atoms with Crippen molar-refractivity contribution in [1.82, 2.24) is 4.57 Å². The molecule has 36 heavy (non-hydrogen) atoms. The van der Waals surface area contributed by atoms with E-state index < -0.39 is 16.2 Å². The lowest BCUT2D eigenvalue weighted by molar-refractivity contribution is -0.384. The summed E-state index contributed by atoms with van der Waals surface area (Å²) < 4.78 is 17.4. The smallest absolute Gasteiger partial charge is 0.270 e. The van der Waals surface area contributed by atoms with Crippen molar-refractivity contribution in [2.45, 2.75) is 51.1 Å². The molecule has 2 aliphatic rings. The lowest BCUT2D eigenvalue weighted by Gasteiger charge is -2.26. The fourth-order valence-corrected chi connectivity index (χ4v) is 4.88. The Hall–Kier alpha value is -3.88. The number of fused-ring (bicyclic) bond motifs is 1. The minimum Gasteiger partial charge on any atom is -0.367 e. The molecule has 1 saturated carbocycles. The largest absolute Gasteiger partial charge is 0.367 e. The number of halogens is 1. The number of benzene rings is 2. The number of hydrogen-bond acceptors (Lipinski definition) is 6. The Morgan fingerprint density at radius 3 is 2.72 bits per heavy atom. The maximum atomic E-state index is 15.4. The number of rotatable bonds is 6. The van der Waals surface area contributed by atoms with Gasteiger partial charge in [0.1, 0.15) is 5.82 Å². The summed E-state index contributed by atoms with van der Waals surface area (Å²) in [6.07, 6.45) is 7.82. The van der Waals surface area contributed by atoms with E-state index in [4.69, 9.17) is 0 Å². The molecule has 3 aromatic rings. The molecule has 2 aromatic carbocycles. The number of nitrogens with zero attached hydrogens (tertiary/aromatic N) is 4. The van der Waals surface area contributed by atoms with Gasteiger partial charge in [-0.2, -0.15) is 0 Å². The summed E-state index contributed by atoms with van der Waals surface area (Å²) in [5.41, 5.74) is 1.37. The third-order valence-corrected chi connectivity index (χ3v) is 6.92. The molecule has 186 valence electrons. The second kappa shape index (κ2) is 9.64. The number of nitro groups is 1. The van der Waals surface area contributed by atoms with Crippen LogP contribution in [0.25, 0.3) is 10.9 Å². The van der Waals surface area contributed by atoms with E-state index >= 15 is 4.39 Å². The van der Waals surface area contributed by atoms with E-state index in [-0.39, 0.29) is 34.5 Å². The first kappa shape index (κ1) is 23.8. The SMILES string of the molecule is CC(=O)c1cn(C2CC2)c2cc(N3CCCC[C@@H](N=Cc4cccc([N+](=O)[O-])c4)C3)c(F)cc2c1=O. The van der Waals surface area contributed by atoms with Gasteiger partial charge in [0.05, 0.1) is 27.7 Å². The van der Waals surface area contributed by atoms with Gasteiger partial charge in [0, 0.05) is 49.1 Å². The van der Waals surface area contributed by atoms with Crippen molar-refractivity contribution in [2.75, 3.05) is 18.0 Å². The number of aliphatic imine (C=N–C) groups is 1. The normalized spacial score (nSPS) is 18.5. The molecule has 0 radical (unpaired) electrons. The van der Waals surface area contributed by atoms with Crippen LogP contribution in [0.5, 0.6) is 0 Å². The van der Waals surface area contributed by atoms with Gasteiger partial charge in [-0.1, -0.05) is 12.1 Å². The molecule has 0 amide bonds. The van der Waals surface area contributed by atoms with Crippen LogP contribution in [0.1, 0.15) is 61.0 Å². The van der Waals surface area contributed by atoms with Gasteiger partial charge in [-0.3, -0.25) is 24.7 Å². The van der Waals surface area contributed by atoms with E-state index in [2.05, 4.69) is 4.99 Å². The topological polar surface area (TPSA) is 97.8 Å². The average molecular weight is 491 g/mol. The zero-order chi connectivity index (χ0) is 25.4. The zero-order valence-electron chi connectivity index (χ0n) is 20.0. The van der Waals surface area contributed by atoms with Crippen molar-refractivity contribution in [3.63, 3.8) is 0 Å². The molecular weight excluding hydrogens is 463 g/mol. The van der Waals surface area contributed by atoms with Gasteiger partial charge in [-0.25, -0.2) is 4.39 Å². The summed E-state index contributed by atoms with van der Waals surface area (Å²) in [7, 11) is 0. The van der Waals surface area contributed by atoms with E-state index in [0.717, 1.165) is 32.1 Å². The zero-order valence-corrected chi connectivity index (χ0v) is 20.0. The highest BCUT2D eigenvalue weighted by Gasteiger charge is 2.28. The predicted octanol–water partition coefficient (Wildman–Crippen LogP) is 5.06. The first-order valence-electron chi connectivity index (χ1n) is 12.2. The Bertz CT molecular complexity index is 1440. The lowest BCUT2D eigenvalue weighted by Crippen LogP contribution is -2.31. The standard InChI is InChI=1S/C27H27FN4O4/c1-17(33)23-16-31(20-8-9-20)25-13-26(24(28)12-22(25)27(23)34)30-10-3-2-6-19(15-30)29-14-18-5-4-7-21(11-18)32(35)36/h4-5,7,11-14,16,19-20H,2-3,6,8-10,15H2,1H3/t19-/m1/s1. The Morgan fingerprint density at radius 2 is 2.00 bits per heavy atom. The number of nitro benzene ring substituents is 1. The molecule has 1 atom stereocenters. The Morgan fingerprint density at radius 1 is 1.19 bits per heavy atom. The van der Waals surface area contributed by atoms with E-state index in [1.54, 1.807) is 30.6 Å². The van der Waals surface area contributed by atoms with Crippen molar-refractivity contribution in [2.24, 2.45) is 4.99 Å². The molecule has 0 bridgehead atoms. The van der Waals surface area contributed by atoms with Gasteiger partial charge >= 0.3 is 0 Å². The van der Waals surface area contributed by atoms with Crippen LogP contribution in [0.4, 0.5) is 15.8 Å². The summed E-state index contributed by atoms with van der Waals surface area (Å²) in [6.45, 7) is 2.51. The van der Waals surface area contributed by atoms with E-state index in [1.165, 1.54) is 25.1 Å². The minimum absolute atomic E-state index is 0.00863. The molecule has 1 aromatic heterocycles. The number of aromatic nitrogens is 1. The summed E-state index contributed by atoms with van der Waals surface area (Å²) >= 11 is 0. The van der Waals surface area contributed by atoms with Crippen LogP contribution < -0.4 is 10.3 Å². The first-order valence-corrected chi connectivity index (χ1v) is 12.2. The monoisotopic (exact) mass is 490 g/mol. The second-order valence-corrected chi connectivity index (χ2v) is 9.61. The molecule has 2 fully saturated rings. The van der Waals surface area contributed by atoms with Gasteiger partial charge in [-0.05, 0) is 56.7 Å². The van der Waals surface area contributed by atoms with Crippen molar-refractivity contribution in [3.05, 3.63) is 79.9 Å². The van der Waals surface area contributed by atoms with E-state index in [1.807, 2.05) is 9.47 Å². The lowest BCUT2D eigenvalue weighted by atomic mass is 10.1. The number of ketones is 1. The highest BCUT2D eigenvalue weighted by atomic mass is 19.1. The maximum Gasteiger partial charge on any atom is 0.270 e. The van der Waals surface area contributed by atoms with Crippen LogP contribution in [0.15, 0.2) is 52.4 Å². The van der Waals surface area contributed by atoms with Crippen LogP contribution >= 0.6 is 0 Å².